The van der Waals surface area contributed by atoms with Crippen LogP contribution >= 0.6 is 0 Å². The van der Waals surface area contributed by atoms with Crippen molar-refractivity contribution >= 4 is 11.9 Å². The zero-order valence-electron chi connectivity index (χ0n) is 9.72. The zero-order valence-corrected chi connectivity index (χ0v) is 9.72. The number of carbonyl (C=O) groups excluding carboxylic acids is 2. The monoisotopic (exact) mass is 215 g/mol. The maximum absolute atomic E-state index is 11.2. The molecule has 0 aliphatic carbocycles. The molecule has 0 aromatic rings. The summed E-state index contributed by atoms with van der Waals surface area (Å²) in [4.78, 5) is 21.9. The minimum Gasteiger partial charge on any atom is -0.548 e. The van der Waals surface area contributed by atoms with Crippen molar-refractivity contribution in [2.24, 2.45) is 5.41 Å². The third-order valence-electron chi connectivity index (χ3n) is 1.77. The van der Waals surface area contributed by atoms with E-state index in [4.69, 9.17) is 0 Å². The summed E-state index contributed by atoms with van der Waals surface area (Å²) in [5, 5.41) is 15.8. The Morgan fingerprint density at radius 3 is 2.20 bits per heavy atom. The van der Waals surface area contributed by atoms with Crippen molar-refractivity contribution in [3.05, 3.63) is 0 Å². The van der Waals surface area contributed by atoms with Crippen LogP contribution in [-0.4, -0.2) is 31.5 Å². The number of amides is 1. The average Bonchev–Trinajstić information content (AvgIpc) is 2.00. The molecule has 0 fully saturated rings. The number of nitrogens with one attached hydrogen (secondary N) is 2. The molecule has 5 heteroatoms. The highest BCUT2D eigenvalue weighted by Crippen LogP contribution is 2.20. The van der Waals surface area contributed by atoms with E-state index >= 15 is 0 Å². The topological polar surface area (TPSA) is 81.3 Å². The fourth-order valence-electron chi connectivity index (χ4n) is 1.21. The van der Waals surface area contributed by atoms with Gasteiger partial charge in [-0.1, -0.05) is 20.8 Å². The molecule has 0 saturated carbocycles. The van der Waals surface area contributed by atoms with Gasteiger partial charge in [-0.15, -0.1) is 0 Å². The number of aliphatic carboxylic acids is 1. The molecule has 0 radical (unpaired) electrons. The van der Waals surface area contributed by atoms with Gasteiger partial charge in [0, 0.05) is 0 Å². The van der Waals surface area contributed by atoms with Crippen LogP contribution in [0.1, 0.15) is 27.2 Å². The van der Waals surface area contributed by atoms with Crippen LogP contribution in [-0.2, 0) is 9.59 Å². The number of carboxylic acid groups (broad SMARTS) is 1. The molecule has 15 heavy (non-hydrogen) atoms. The molecule has 2 N–H and O–H groups in total. The first kappa shape index (κ1) is 13.9. The molecular formula is C10H19N2O3-. The number of carbonyl (C=O) groups is 2. The van der Waals surface area contributed by atoms with Gasteiger partial charge in [0.1, 0.15) is 0 Å². The van der Waals surface area contributed by atoms with Crippen molar-refractivity contribution in [1.29, 1.82) is 0 Å². The summed E-state index contributed by atoms with van der Waals surface area (Å²) in [6.45, 7) is 5.83. The Morgan fingerprint density at radius 2 is 1.87 bits per heavy atom. The predicted octanol–water partition coefficient (Wildman–Crippen LogP) is -1.12. The lowest BCUT2D eigenvalue weighted by Gasteiger charge is -2.27. The second kappa shape index (κ2) is 5.70. The number of rotatable bonds is 5. The number of likely N-dealkylation sites (N-methyl/N-ethyl adjacent to an activating group) is 1. The number of hydrogen-bond acceptors (Lipinski definition) is 4. The van der Waals surface area contributed by atoms with Crippen molar-refractivity contribution in [2.75, 3.05) is 13.6 Å². The third kappa shape index (κ3) is 6.90. The molecule has 0 aromatic heterocycles. The van der Waals surface area contributed by atoms with Gasteiger partial charge >= 0.3 is 0 Å². The van der Waals surface area contributed by atoms with Gasteiger partial charge in [-0.25, -0.2) is 0 Å². The summed E-state index contributed by atoms with van der Waals surface area (Å²) in [5.74, 6) is -1.58. The maximum Gasteiger partial charge on any atom is 0.234 e. The van der Waals surface area contributed by atoms with E-state index in [0.717, 1.165) is 0 Å². The third-order valence-corrected chi connectivity index (χ3v) is 1.77. The number of hydrogen-bond donors (Lipinski definition) is 2. The molecule has 88 valence electrons. The molecule has 5 nitrogen and oxygen atoms in total. The van der Waals surface area contributed by atoms with Gasteiger partial charge in [-0.2, -0.15) is 0 Å². The zero-order chi connectivity index (χ0) is 12.1. The van der Waals surface area contributed by atoms with Gasteiger partial charge in [0.25, 0.3) is 0 Å². The molecule has 0 unspecified atom stereocenters. The highest BCUT2D eigenvalue weighted by molar-refractivity contribution is 5.83. The first-order chi connectivity index (χ1) is 6.76. The Hall–Kier alpha value is -1.10. The summed E-state index contributed by atoms with van der Waals surface area (Å²) in [6, 6.07) is -0.925. The predicted molar refractivity (Wildman–Crippen MR) is 54.9 cm³/mol. The Kier molecular flexibility index (Phi) is 5.28. The maximum atomic E-state index is 11.2. The highest BCUT2D eigenvalue weighted by atomic mass is 16.4. The van der Waals surface area contributed by atoms with Crippen LogP contribution in [0.3, 0.4) is 0 Å². The van der Waals surface area contributed by atoms with Crippen LogP contribution < -0.4 is 15.7 Å². The summed E-state index contributed by atoms with van der Waals surface area (Å²) >= 11 is 0. The summed E-state index contributed by atoms with van der Waals surface area (Å²) < 4.78 is 0. The first-order valence-corrected chi connectivity index (χ1v) is 4.91. The van der Waals surface area contributed by atoms with Crippen LogP contribution in [0.25, 0.3) is 0 Å². The van der Waals surface area contributed by atoms with Gasteiger partial charge in [0.15, 0.2) is 0 Å². The van der Waals surface area contributed by atoms with E-state index in [9.17, 15) is 14.7 Å². The molecule has 0 aromatic carbocycles. The molecule has 0 rings (SSSR count). The van der Waals surface area contributed by atoms with Gasteiger partial charge in [0.2, 0.25) is 5.91 Å². The minimum atomic E-state index is -1.24. The van der Waals surface area contributed by atoms with E-state index < -0.39 is 12.0 Å². The Balaban J connectivity index is 4.29. The first-order valence-electron chi connectivity index (χ1n) is 4.91. The standard InChI is InChI=1S/C10H20N2O3/c1-10(2,3)5-7(9(14)15)12-8(13)6-11-4/h7,11H,5-6H2,1-4H3,(H,12,13)(H,14,15)/p-1/t7-/m0/s1. The van der Waals surface area contributed by atoms with E-state index in [1.165, 1.54) is 0 Å². The quantitative estimate of drug-likeness (QED) is 0.608. The lowest BCUT2D eigenvalue weighted by atomic mass is 9.88. The van der Waals surface area contributed by atoms with Crippen molar-refractivity contribution < 1.29 is 14.7 Å². The summed E-state index contributed by atoms with van der Waals surface area (Å²) in [7, 11) is 1.62. The molecular weight excluding hydrogens is 196 g/mol. The lowest BCUT2D eigenvalue weighted by Crippen LogP contribution is -2.51. The number of carboxylic acids is 1. The Morgan fingerprint density at radius 1 is 1.33 bits per heavy atom. The van der Waals surface area contributed by atoms with E-state index in [-0.39, 0.29) is 17.9 Å². The summed E-state index contributed by atoms with van der Waals surface area (Å²) in [6.07, 6.45) is 0.352. The van der Waals surface area contributed by atoms with Gasteiger partial charge in [-0.3, -0.25) is 4.79 Å². The molecule has 0 spiro atoms. The second-order valence-corrected chi connectivity index (χ2v) is 4.73. The van der Waals surface area contributed by atoms with Crippen molar-refractivity contribution in [2.45, 2.75) is 33.2 Å². The Bertz CT molecular complexity index is 233. The average molecular weight is 215 g/mol. The smallest absolute Gasteiger partial charge is 0.234 e. The van der Waals surface area contributed by atoms with Crippen LogP contribution in [0.15, 0.2) is 0 Å². The van der Waals surface area contributed by atoms with Crippen molar-refractivity contribution in [3.63, 3.8) is 0 Å². The van der Waals surface area contributed by atoms with E-state index in [1.54, 1.807) is 7.05 Å². The van der Waals surface area contributed by atoms with Crippen LogP contribution in [0.4, 0.5) is 0 Å². The minimum absolute atomic E-state index is 0.105. The lowest BCUT2D eigenvalue weighted by molar-refractivity contribution is -0.309. The molecule has 0 aliphatic rings. The highest BCUT2D eigenvalue weighted by Gasteiger charge is 2.20. The van der Waals surface area contributed by atoms with E-state index in [1.807, 2.05) is 20.8 Å². The van der Waals surface area contributed by atoms with Crippen molar-refractivity contribution in [3.8, 4) is 0 Å². The van der Waals surface area contributed by atoms with Crippen LogP contribution in [0.5, 0.6) is 0 Å². The molecule has 0 saturated heterocycles. The fourth-order valence-corrected chi connectivity index (χ4v) is 1.21. The van der Waals surface area contributed by atoms with Crippen LogP contribution in [0, 0.1) is 5.41 Å². The molecule has 0 bridgehead atoms. The normalized spacial score (nSPS) is 13.3. The second-order valence-electron chi connectivity index (χ2n) is 4.73. The molecule has 0 aliphatic heterocycles. The largest absolute Gasteiger partial charge is 0.548 e. The SMILES string of the molecule is CNCC(=O)N[C@@H](CC(C)(C)C)C(=O)[O-]. The fraction of sp³-hybridized carbons (Fsp3) is 0.800. The van der Waals surface area contributed by atoms with Gasteiger partial charge in [0.05, 0.1) is 18.6 Å². The molecule has 1 amide bonds. The molecule has 1 atom stereocenters. The Labute approximate surface area is 90.2 Å². The summed E-state index contributed by atoms with van der Waals surface area (Å²) in [5.41, 5.74) is -0.169. The molecule has 0 heterocycles. The van der Waals surface area contributed by atoms with Crippen molar-refractivity contribution in [1.82, 2.24) is 10.6 Å². The van der Waals surface area contributed by atoms with Gasteiger partial charge < -0.3 is 20.5 Å². The van der Waals surface area contributed by atoms with E-state index in [2.05, 4.69) is 10.6 Å². The van der Waals surface area contributed by atoms with Crippen LogP contribution in [0.2, 0.25) is 0 Å². The van der Waals surface area contributed by atoms with E-state index in [0.29, 0.717) is 6.42 Å². The van der Waals surface area contributed by atoms with Gasteiger partial charge in [-0.05, 0) is 18.9 Å².